The molecule has 0 bridgehead atoms. The zero-order valence-electron chi connectivity index (χ0n) is 9.40. The van der Waals surface area contributed by atoms with E-state index in [9.17, 15) is 4.79 Å². The second kappa shape index (κ2) is 5.04. The average Bonchev–Trinajstić information content (AvgIpc) is 2.17. The predicted octanol–water partition coefficient (Wildman–Crippen LogP) is 3.03. The van der Waals surface area contributed by atoms with Gasteiger partial charge in [-0.3, -0.25) is 10.2 Å². The molecule has 0 aliphatic rings. The van der Waals surface area contributed by atoms with Crippen molar-refractivity contribution >= 4 is 29.1 Å². The maximum atomic E-state index is 11.7. The van der Waals surface area contributed by atoms with Crippen LogP contribution in [0.5, 0.6) is 0 Å². The quantitative estimate of drug-likeness (QED) is 0.803. The lowest BCUT2D eigenvalue weighted by Gasteiger charge is -2.21. The molecule has 1 aromatic rings. The molecule has 0 spiro atoms. The van der Waals surface area contributed by atoms with Crippen molar-refractivity contribution in [3.63, 3.8) is 0 Å². The molecule has 0 unspecified atom stereocenters. The SMILES string of the molecule is CC(C)(C)NNC(=O)c1cc(Cl)ccc1Cl. The van der Waals surface area contributed by atoms with Crippen LogP contribution in [0.3, 0.4) is 0 Å². The molecule has 16 heavy (non-hydrogen) atoms. The molecule has 2 N–H and O–H groups in total. The van der Waals surface area contributed by atoms with Crippen LogP contribution in [-0.4, -0.2) is 11.4 Å². The number of carbonyl (C=O) groups is 1. The van der Waals surface area contributed by atoms with Crippen LogP contribution in [-0.2, 0) is 0 Å². The summed E-state index contributed by atoms with van der Waals surface area (Å²) < 4.78 is 0. The summed E-state index contributed by atoms with van der Waals surface area (Å²) in [4.78, 5) is 11.7. The maximum absolute atomic E-state index is 11.7. The molecule has 0 atom stereocenters. The van der Waals surface area contributed by atoms with Gasteiger partial charge in [-0.15, -0.1) is 0 Å². The molecule has 0 heterocycles. The third-order valence-electron chi connectivity index (χ3n) is 1.72. The van der Waals surface area contributed by atoms with Crippen molar-refractivity contribution in [3.8, 4) is 0 Å². The molecule has 3 nitrogen and oxygen atoms in total. The molecular formula is C11H14Cl2N2O. The van der Waals surface area contributed by atoms with Gasteiger partial charge in [-0.25, -0.2) is 5.43 Å². The third kappa shape index (κ3) is 4.00. The first-order valence-electron chi connectivity index (χ1n) is 4.82. The van der Waals surface area contributed by atoms with E-state index in [0.29, 0.717) is 15.6 Å². The molecule has 0 fully saturated rings. The summed E-state index contributed by atoms with van der Waals surface area (Å²) in [7, 11) is 0. The summed E-state index contributed by atoms with van der Waals surface area (Å²) in [5.41, 5.74) is 5.59. The summed E-state index contributed by atoms with van der Waals surface area (Å²) in [6.45, 7) is 5.81. The molecule has 0 saturated heterocycles. The van der Waals surface area contributed by atoms with Gasteiger partial charge in [-0.2, -0.15) is 0 Å². The molecule has 1 amide bonds. The van der Waals surface area contributed by atoms with Crippen LogP contribution >= 0.6 is 23.2 Å². The van der Waals surface area contributed by atoms with E-state index in [1.165, 1.54) is 6.07 Å². The van der Waals surface area contributed by atoms with Gasteiger partial charge in [-0.1, -0.05) is 23.2 Å². The number of nitrogens with one attached hydrogen (secondary N) is 2. The fourth-order valence-electron chi connectivity index (χ4n) is 0.983. The fourth-order valence-corrected chi connectivity index (χ4v) is 1.36. The van der Waals surface area contributed by atoms with Gasteiger partial charge in [0.1, 0.15) is 0 Å². The second-order valence-corrected chi connectivity index (χ2v) is 5.30. The number of hydrogen-bond donors (Lipinski definition) is 2. The van der Waals surface area contributed by atoms with Crippen LogP contribution in [0.2, 0.25) is 10.0 Å². The molecule has 1 aromatic carbocycles. The Labute approximate surface area is 105 Å². The van der Waals surface area contributed by atoms with E-state index in [1.54, 1.807) is 12.1 Å². The first kappa shape index (κ1) is 13.3. The minimum absolute atomic E-state index is 0.208. The standard InChI is InChI=1S/C11H14Cl2N2O/c1-11(2,3)15-14-10(16)8-6-7(12)4-5-9(8)13/h4-6,15H,1-3H3,(H,14,16). The topological polar surface area (TPSA) is 41.1 Å². The van der Waals surface area contributed by atoms with E-state index in [0.717, 1.165) is 0 Å². The zero-order valence-corrected chi connectivity index (χ0v) is 10.9. The van der Waals surface area contributed by atoms with Crippen molar-refractivity contribution in [2.75, 3.05) is 0 Å². The number of amides is 1. The first-order chi connectivity index (χ1) is 7.29. The lowest BCUT2D eigenvalue weighted by molar-refractivity contribution is 0.0914. The Hall–Kier alpha value is -0.770. The Morgan fingerprint density at radius 3 is 2.44 bits per heavy atom. The first-order valence-corrected chi connectivity index (χ1v) is 5.58. The Balaban J connectivity index is 2.77. The number of hydrogen-bond acceptors (Lipinski definition) is 2. The summed E-state index contributed by atoms with van der Waals surface area (Å²) in [5, 5.41) is 0.850. The van der Waals surface area contributed by atoms with E-state index in [-0.39, 0.29) is 11.4 Å². The van der Waals surface area contributed by atoms with Crippen molar-refractivity contribution in [2.45, 2.75) is 26.3 Å². The number of rotatable bonds is 2. The van der Waals surface area contributed by atoms with E-state index in [1.807, 2.05) is 20.8 Å². The number of carbonyl (C=O) groups excluding carboxylic acids is 1. The van der Waals surface area contributed by atoms with Gasteiger partial charge < -0.3 is 0 Å². The van der Waals surface area contributed by atoms with Gasteiger partial charge in [0.05, 0.1) is 10.6 Å². The molecule has 0 radical (unpaired) electrons. The summed E-state index contributed by atoms with van der Waals surface area (Å²) >= 11 is 11.7. The zero-order chi connectivity index (χ0) is 12.3. The highest BCUT2D eigenvalue weighted by molar-refractivity contribution is 6.35. The smallest absolute Gasteiger partial charge is 0.266 e. The average molecular weight is 261 g/mol. The Morgan fingerprint density at radius 1 is 1.25 bits per heavy atom. The van der Waals surface area contributed by atoms with Gasteiger partial charge >= 0.3 is 0 Å². The van der Waals surface area contributed by atoms with E-state index >= 15 is 0 Å². The number of benzene rings is 1. The molecule has 0 aliphatic carbocycles. The highest BCUT2D eigenvalue weighted by Crippen LogP contribution is 2.20. The predicted molar refractivity (Wildman–Crippen MR) is 66.8 cm³/mol. The lowest BCUT2D eigenvalue weighted by atomic mass is 10.1. The van der Waals surface area contributed by atoms with Gasteiger partial charge in [-0.05, 0) is 39.0 Å². The van der Waals surface area contributed by atoms with E-state index in [2.05, 4.69) is 10.9 Å². The minimum Gasteiger partial charge on any atom is -0.287 e. The lowest BCUT2D eigenvalue weighted by Crippen LogP contribution is -2.48. The Bertz CT molecular complexity index is 399. The van der Waals surface area contributed by atoms with Gasteiger partial charge in [0.15, 0.2) is 0 Å². The molecular weight excluding hydrogens is 247 g/mol. The summed E-state index contributed by atoms with van der Waals surface area (Å²) in [6, 6.07) is 4.76. The highest BCUT2D eigenvalue weighted by Gasteiger charge is 2.14. The minimum atomic E-state index is -0.303. The van der Waals surface area contributed by atoms with E-state index < -0.39 is 0 Å². The van der Waals surface area contributed by atoms with Gasteiger partial charge in [0.2, 0.25) is 0 Å². The Kier molecular flexibility index (Phi) is 4.19. The van der Waals surface area contributed by atoms with Crippen LogP contribution in [0.15, 0.2) is 18.2 Å². The van der Waals surface area contributed by atoms with Crippen molar-refractivity contribution in [2.24, 2.45) is 0 Å². The Morgan fingerprint density at radius 2 is 1.88 bits per heavy atom. The van der Waals surface area contributed by atoms with Crippen molar-refractivity contribution < 1.29 is 4.79 Å². The van der Waals surface area contributed by atoms with Crippen molar-refractivity contribution in [3.05, 3.63) is 33.8 Å². The van der Waals surface area contributed by atoms with E-state index in [4.69, 9.17) is 23.2 Å². The van der Waals surface area contributed by atoms with Gasteiger partial charge in [0.25, 0.3) is 5.91 Å². The molecule has 1 rings (SSSR count). The number of halogens is 2. The molecule has 88 valence electrons. The van der Waals surface area contributed by atoms with Crippen LogP contribution in [0.4, 0.5) is 0 Å². The molecule has 0 aliphatic heterocycles. The van der Waals surface area contributed by atoms with Crippen LogP contribution in [0.1, 0.15) is 31.1 Å². The highest BCUT2D eigenvalue weighted by atomic mass is 35.5. The van der Waals surface area contributed by atoms with Crippen LogP contribution in [0.25, 0.3) is 0 Å². The van der Waals surface area contributed by atoms with Crippen LogP contribution < -0.4 is 10.9 Å². The van der Waals surface area contributed by atoms with Crippen molar-refractivity contribution in [1.82, 2.24) is 10.9 Å². The summed E-state index contributed by atoms with van der Waals surface area (Å²) in [6.07, 6.45) is 0. The molecule has 5 heteroatoms. The monoisotopic (exact) mass is 260 g/mol. The number of hydrazine groups is 1. The molecule has 0 saturated carbocycles. The maximum Gasteiger partial charge on any atom is 0.266 e. The van der Waals surface area contributed by atoms with Crippen molar-refractivity contribution in [1.29, 1.82) is 0 Å². The third-order valence-corrected chi connectivity index (χ3v) is 2.29. The largest absolute Gasteiger partial charge is 0.287 e. The normalized spacial score (nSPS) is 11.3. The second-order valence-electron chi connectivity index (χ2n) is 4.45. The summed E-state index contributed by atoms with van der Waals surface area (Å²) in [5.74, 6) is -0.303. The van der Waals surface area contributed by atoms with Gasteiger partial charge in [0, 0.05) is 10.6 Å². The fraction of sp³-hybridized carbons (Fsp3) is 0.364. The van der Waals surface area contributed by atoms with Crippen LogP contribution in [0, 0.1) is 0 Å². The molecule has 0 aromatic heterocycles.